The number of halogens is 3. The van der Waals surface area contributed by atoms with E-state index in [4.69, 9.17) is 5.11 Å². The standard InChI is InChI=1S/C10H7F3O2/c11-6-4-8(12)7(9(13)5-6)2-1-3-10(14)15/h1-2,4-5H,3H2,(H,14,15). The predicted octanol–water partition coefficient (Wildman–Crippen LogP) is 2.59. The van der Waals surface area contributed by atoms with Crippen molar-refractivity contribution >= 4 is 12.0 Å². The first-order valence-corrected chi connectivity index (χ1v) is 4.03. The molecule has 0 heterocycles. The summed E-state index contributed by atoms with van der Waals surface area (Å²) in [6.07, 6.45) is 1.70. The molecule has 0 unspecified atom stereocenters. The van der Waals surface area contributed by atoms with E-state index in [1.165, 1.54) is 0 Å². The number of rotatable bonds is 3. The van der Waals surface area contributed by atoms with E-state index in [1.54, 1.807) is 0 Å². The average molecular weight is 216 g/mol. The molecule has 0 radical (unpaired) electrons. The Morgan fingerprint density at radius 3 is 2.27 bits per heavy atom. The van der Waals surface area contributed by atoms with Crippen LogP contribution in [0.2, 0.25) is 0 Å². The van der Waals surface area contributed by atoms with Gasteiger partial charge in [-0.2, -0.15) is 0 Å². The minimum Gasteiger partial charge on any atom is -0.481 e. The lowest BCUT2D eigenvalue weighted by Crippen LogP contribution is -1.93. The van der Waals surface area contributed by atoms with Gasteiger partial charge in [-0.1, -0.05) is 12.2 Å². The fourth-order valence-corrected chi connectivity index (χ4v) is 0.990. The van der Waals surface area contributed by atoms with Gasteiger partial charge in [-0.05, 0) is 0 Å². The molecule has 1 aromatic rings. The molecule has 5 heteroatoms. The summed E-state index contributed by atoms with van der Waals surface area (Å²) in [7, 11) is 0. The molecular formula is C10H7F3O2. The van der Waals surface area contributed by atoms with Crippen LogP contribution in [0.1, 0.15) is 12.0 Å². The minimum atomic E-state index is -1.12. The molecule has 15 heavy (non-hydrogen) atoms. The summed E-state index contributed by atoms with van der Waals surface area (Å²) < 4.78 is 38.4. The minimum absolute atomic E-state index is 0.351. The number of benzene rings is 1. The molecule has 0 aliphatic rings. The van der Waals surface area contributed by atoms with E-state index in [-0.39, 0.29) is 6.42 Å². The Hall–Kier alpha value is -1.78. The van der Waals surface area contributed by atoms with Gasteiger partial charge in [0, 0.05) is 17.7 Å². The van der Waals surface area contributed by atoms with Gasteiger partial charge in [-0.15, -0.1) is 0 Å². The topological polar surface area (TPSA) is 37.3 Å². The number of carbonyl (C=O) groups is 1. The second kappa shape index (κ2) is 4.63. The molecule has 0 aromatic heterocycles. The normalized spacial score (nSPS) is 10.9. The largest absolute Gasteiger partial charge is 0.481 e. The molecule has 0 saturated heterocycles. The van der Waals surface area contributed by atoms with Crippen molar-refractivity contribution in [2.45, 2.75) is 6.42 Å². The van der Waals surface area contributed by atoms with Gasteiger partial charge in [0.25, 0.3) is 0 Å². The van der Waals surface area contributed by atoms with E-state index in [0.717, 1.165) is 12.2 Å². The van der Waals surface area contributed by atoms with Crippen LogP contribution in [0, 0.1) is 17.5 Å². The van der Waals surface area contributed by atoms with Crippen LogP contribution in [-0.4, -0.2) is 11.1 Å². The summed E-state index contributed by atoms with van der Waals surface area (Å²) in [6.45, 7) is 0. The van der Waals surface area contributed by atoms with Crippen molar-refractivity contribution in [3.63, 3.8) is 0 Å². The van der Waals surface area contributed by atoms with E-state index in [2.05, 4.69) is 0 Å². The Bertz CT molecular complexity index is 390. The molecule has 0 fully saturated rings. The number of hydrogen-bond acceptors (Lipinski definition) is 1. The fourth-order valence-electron chi connectivity index (χ4n) is 0.990. The van der Waals surface area contributed by atoms with Gasteiger partial charge in [-0.25, -0.2) is 13.2 Å². The highest BCUT2D eigenvalue weighted by Gasteiger charge is 2.08. The Kier molecular flexibility index (Phi) is 3.49. The van der Waals surface area contributed by atoms with Crippen LogP contribution in [0.25, 0.3) is 6.08 Å². The van der Waals surface area contributed by atoms with Crippen molar-refractivity contribution in [2.75, 3.05) is 0 Å². The summed E-state index contributed by atoms with van der Waals surface area (Å²) >= 11 is 0. The second-order valence-corrected chi connectivity index (χ2v) is 2.78. The first-order valence-electron chi connectivity index (χ1n) is 4.03. The molecule has 0 aliphatic carbocycles. The lowest BCUT2D eigenvalue weighted by molar-refractivity contribution is -0.135. The smallest absolute Gasteiger partial charge is 0.307 e. The van der Waals surface area contributed by atoms with Crippen molar-refractivity contribution in [3.05, 3.63) is 41.2 Å². The van der Waals surface area contributed by atoms with Crippen LogP contribution < -0.4 is 0 Å². The van der Waals surface area contributed by atoms with Crippen LogP contribution in [-0.2, 0) is 4.79 Å². The highest BCUT2D eigenvalue weighted by atomic mass is 19.1. The molecule has 80 valence electrons. The zero-order valence-corrected chi connectivity index (χ0v) is 7.51. The van der Waals surface area contributed by atoms with E-state index >= 15 is 0 Å². The Labute approximate surface area is 83.7 Å². The van der Waals surface area contributed by atoms with E-state index in [9.17, 15) is 18.0 Å². The summed E-state index contributed by atoms with van der Waals surface area (Å²) in [4.78, 5) is 10.1. The van der Waals surface area contributed by atoms with Gasteiger partial charge in [0.15, 0.2) is 0 Å². The zero-order valence-electron chi connectivity index (χ0n) is 7.51. The first-order chi connectivity index (χ1) is 7.00. The first kappa shape index (κ1) is 11.3. The summed E-state index contributed by atoms with van der Waals surface area (Å²) in [5.41, 5.74) is -0.447. The van der Waals surface area contributed by atoms with Gasteiger partial charge >= 0.3 is 5.97 Å². The Morgan fingerprint density at radius 2 is 1.80 bits per heavy atom. The lowest BCUT2D eigenvalue weighted by atomic mass is 10.1. The third-order valence-electron chi connectivity index (χ3n) is 1.62. The SMILES string of the molecule is O=C(O)CC=Cc1c(F)cc(F)cc1F. The van der Waals surface area contributed by atoms with Gasteiger partial charge in [0.1, 0.15) is 17.5 Å². The second-order valence-electron chi connectivity index (χ2n) is 2.78. The van der Waals surface area contributed by atoms with Gasteiger partial charge in [0.2, 0.25) is 0 Å². The van der Waals surface area contributed by atoms with Crippen molar-refractivity contribution in [1.82, 2.24) is 0 Å². The van der Waals surface area contributed by atoms with Crippen LogP contribution in [0.15, 0.2) is 18.2 Å². The number of carboxylic acids is 1. The van der Waals surface area contributed by atoms with Crippen molar-refractivity contribution < 1.29 is 23.1 Å². The Morgan fingerprint density at radius 1 is 1.27 bits per heavy atom. The molecule has 0 aliphatic heterocycles. The van der Waals surface area contributed by atoms with Crippen molar-refractivity contribution in [1.29, 1.82) is 0 Å². The molecule has 2 nitrogen and oxygen atoms in total. The monoisotopic (exact) mass is 216 g/mol. The molecule has 0 bridgehead atoms. The maximum absolute atomic E-state index is 13.0. The molecular weight excluding hydrogens is 209 g/mol. The van der Waals surface area contributed by atoms with Crippen molar-refractivity contribution in [3.8, 4) is 0 Å². The molecule has 0 amide bonds. The number of hydrogen-bond donors (Lipinski definition) is 1. The fraction of sp³-hybridized carbons (Fsp3) is 0.100. The van der Waals surface area contributed by atoms with Crippen LogP contribution in [0.4, 0.5) is 13.2 Å². The quantitative estimate of drug-likeness (QED) is 0.843. The zero-order chi connectivity index (χ0) is 11.4. The van der Waals surface area contributed by atoms with Gasteiger partial charge in [0.05, 0.1) is 6.42 Å². The highest BCUT2D eigenvalue weighted by molar-refractivity contribution is 5.70. The van der Waals surface area contributed by atoms with Crippen molar-refractivity contribution in [2.24, 2.45) is 0 Å². The molecule has 0 saturated carbocycles. The predicted molar refractivity (Wildman–Crippen MR) is 47.6 cm³/mol. The third kappa shape index (κ3) is 3.12. The van der Waals surface area contributed by atoms with Gasteiger partial charge in [-0.3, -0.25) is 4.79 Å². The Balaban J connectivity index is 2.94. The summed E-state index contributed by atoms with van der Waals surface area (Å²) in [6, 6.07) is 1.06. The molecule has 0 atom stereocenters. The van der Waals surface area contributed by atoms with Crippen LogP contribution in [0.5, 0.6) is 0 Å². The average Bonchev–Trinajstić information content (AvgIpc) is 2.08. The highest BCUT2D eigenvalue weighted by Crippen LogP contribution is 2.16. The number of carboxylic acid groups (broad SMARTS) is 1. The van der Waals surface area contributed by atoms with Crippen LogP contribution >= 0.6 is 0 Å². The molecule has 0 spiro atoms. The van der Waals surface area contributed by atoms with E-state index < -0.39 is 29.0 Å². The molecule has 1 rings (SSSR count). The number of aliphatic carboxylic acids is 1. The summed E-state index contributed by atoms with van der Waals surface area (Å²) in [5.74, 6) is -4.25. The maximum Gasteiger partial charge on any atom is 0.307 e. The lowest BCUT2D eigenvalue weighted by Gasteiger charge is -1.99. The van der Waals surface area contributed by atoms with E-state index in [1.807, 2.05) is 0 Å². The van der Waals surface area contributed by atoms with Gasteiger partial charge < -0.3 is 5.11 Å². The summed E-state index contributed by atoms with van der Waals surface area (Å²) in [5, 5.41) is 8.28. The van der Waals surface area contributed by atoms with Crippen LogP contribution in [0.3, 0.4) is 0 Å². The van der Waals surface area contributed by atoms with E-state index in [0.29, 0.717) is 12.1 Å². The molecule has 1 N–H and O–H groups in total. The maximum atomic E-state index is 13.0. The molecule has 1 aromatic carbocycles. The third-order valence-corrected chi connectivity index (χ3v) is 1.62.